The van der Waals surface area contributed by atoms with Crippen LogP contribution in [0.15, 0.2) is 54.9 Å². The van der Waals surface area contributed by atoms with E-state index < -0.39 is 0 Å². The van der Waals surface area contributed by atoms with Gasteiger partial charge in [-0.3, -0.25) is 4.79 Å². The number of benzene rings is 2. The molecule has 3 aromatic rings. The highest BCUT2D eigenvalue weighted by molar-refractivity contribution is 5.92. The van der Waals surface area contributed by atoms with Gasteiger partial charge < -0.3 is 9.88 Å². The van der Waals surface area contributed by atoms with Crippen molar-refractivity contribution in [2.24, 2.45) is 7.05 Å². The predicted molar refractivity (Wildman–Crippen MR) is 79.5 cm³/mol. The highest BCUT2D eigenvalue weighted by atomic mass is 16.1. The fourth-order valence-electron chi connectivity index (χ4n) is 2.20. The second-order valence-corrected chi connectivity index (χ2v) is 4.77. The lowest BCUT2D eigenvalue weighted by atomic mass is 10.1. The van der Waals surface area contributed by atoms with Crippen LogP contribution in [0.3, 0.4) is 0 Å². The molecule has 1 heterocycles. The molecule has 0 aliphatic heterocycles. The maximum atomic E-state index is 12.0. The molecule has 4 heteroatoms. The molecule has 0 bridgehead atoms. The van der Waals surface area contributed by atoms with Crippen molar-refractivity contribution in [1.82, 2.24) is 9.55 Å². The molecule has 0 unspecified atom stereocenters. The van der Waals surface area contributed by atoms with Crippen LogP contribution in [-0.4, -0.2) is 15.5 Å². The summed E-state index contributed by atoms with van der Waals surface area (Å²) in [7, 11) is 1.96. The first kappa shape index (κ1) is 12.4. The zero-order chi connectivity index (χ0) is 13.9. The van der Waals surface area contributed by atoms with Gasteiger partial charge in [-0.1, -0.05) is 24.3 Å². The summed E-state index contributed by atoms with van der Waals surface area (Å²) < 4.78 is 1.96. The summed E-state index contributed by atoms with van der Waals surface area (Å²) >= 11 is 0. The molecular weight excluding hydrogens is 250 g/mol. The average Bonchev–Trinajstić information content (AvgIpc) is 2.81. The highest BCUT2D eigenvalue weighted by Gasteiger charge is 2.06. The molecular formula is C16H15N3O. The Kier molecular flexibility index (Phi) is 3.21. The Bertz CT molecular complexity index is 747. The minimum absolute atomic E-state index is 0.0218. The predicted octanol–water partition coefficient (Wildman–Crippen LogP) is 2.75. The van der Waals surface area contributed by atoms with Gasteiger partial charge in [-0.15, -0.1) is 0 Å². The van der Waals surface area contributed by atoms with Gasteiger partial charge in [-0.2, -0.15) is 0 Å². The van der Waals surface area contributed by atoms with E-state index in [0.29, 0.717) is 6.42 Å². The first-order valence-corrected chi connectivity index (χ1v) is 6.47. The lowest BCUT2D eigenvalue weighted by Gasteiger charge is -2.05. The summed E-state index contributed by atoms with van der Waals surface area (Å²) in [6.45, 7) is 0. The molecule has 1 N–H and O–H groups in total. The van der Waals surface area contributed by atoms with Gasteiger partial charge in [0.2, 0.25) is 5.91 Å². The maximum Gasteiger partial charge on any atom is 0.228 e. The molecule has 0 saturated carbocycles. The van der Waals surface area contributed by atoms with Crippen LogP contribution in [0.2, 0.25) is 0 Å². The van der Waals surface area contributed by atoms with E-state index in [0.717, 1.165) is 22.3 Å². The molecule has 1 amide bonds. The Labute approximate surface area is 117 Å². The van der Waals surface area contributed by atoms with E-state index in [1.54, 1.807) is 6.33 Å². The number of imidazole rings is 1. The molecule has 0 aliphatic carbocycles. The van der Waals surface area contributed by atoms with Gasteiger partial charge in [0.15, 0.2) is 0 Å². The lowest BCUT2D eigenvalue weighted by molar-refractivity contribution is -0.115. The number of anilines is 1. The minimum atomic E-state index is -0.0218. The maximum absolute atomic E-state index is 12.0. The number of carbonyl (C=O) groups excluding carboxylic acids is 1. The number of aryl methyl sites for hydroxylation is 1. The lowest BCUT2D eigenvalue weighted by Crippen LogP contribution is -2.14. The zero-order valence-corrected chi connectivity index (χ0v) is 11.2. The van der Waals surface area contributed by atoms with Crippen LogP contribution in [0.4, 0.5) is 5.69 Å². The Balaban J connectivity index is 1.74. The molecule has 0 radical (unpaired) electrons. The van der Waals surface area contributed by atoms with Gasteiger partial charge in [0.05, 0.1) is 23.8 Å². The van der Waals surface area contributed by atoms with Crippen LogP contribution < -0.4 is 5.32 Å². The second kappa shape index (κ2) is 5.17. The van der Waals surface area contributed by atoms with Crippen molar-refractivity contribution in [2.45, 2.75) is 6.42 Å². The number of carbonyl (C=O) groups is 1. The number of aromatic nitrogens is 2. The topological polar surface area (TPSA) is 46.9 Å². The smallest absolute Gasteiger partial charge is 0.228 e. The number of hydrogen-bond donors (Lipinski definition) is 1. The third kappa shape index (κ3) is 2.54. The first-order chi connectivity index (χ1) is 9.72. The Morgan fingerprint density at radius 2 is 2.00 bits per heavy atom. The average molecular weight is 265 g/mol. The van der Waals surface area contributed by atoms with Crippen molar-refractivity contribution in [1.29, 1.82) is 0 Å². The largest absolute Gasteiger partial charge is 0.334 e. The van der Waals surface area contributed by atoms with Crippen molar-refractivity contribution in [2.75, 3.05) is 5.32 Å². The third-order valence-electron chi connectivity index (χ3n) is 3.21. The standard InChI is InChI=1S/C16H15N3O/c1-19-11-17-14-9-12(7-8-15(14)19)10-16(20)18-13-5-3-2-4-6-13/h2-9,11H,10H2,1H3,(H,18,20). The van der Waals surface area contributed by atoms with Crippen LogP contribution in [0.25, 0.3) is 11.0 Å². The van der Waals surface area contributed by atoms with E-state index in [1.807, 2.05) is 60.1 Å². The SMILES string of the molecule is Cn1cnc2cc(CC(=O)Nc3ccccc3)ccc21. The quantitative estimate of drug-likeness (QED) is 0.791. The highest BCUT2D eigenvalue weighted by Crippen LogP contribution is 2.15. The summed E-state index contributed by atoms with van der Waals surface area (Å²) in [5.74, 6) is -0.0218. The van der Waals surface area contributed by atoms with E-state index in [1.165, 1.54) is 0 Å². The van der Waals surface area contributed by atoms with Crippen LogP contribution in [0, 0.1) is 0 Å². The number of para-hydroxylation sites is 1. The minimum Gasteiger partial charge on any atom is -0.334 e. The van der Waals surface area contributed by atoms with Gasteiger partial charge >= 0.3 is 0 Å². The molecule has 2 aromatic carbocycles. The second-order valence-electron chi connectivity index (χ2n) is 4.77. The fraction of sp³-hybridized carbons (Fsp3) is 0.125. The summed E-state index contributed by atoms with van der Waals surface area (Å²) in [5, 5.41) is 2.88. The summed E-state index contributed by atoms with van der Waals surface area (Å²) in [4.78, 5) is 16.3. The molecule has 0 aliphatic rings. The number of nitrogens with one attached hydrogen (secondary N) is 1. The monoisotopic (exact) mass is 265 g/mol. The van der Waals surface area contributed by atoms with E-state index in [-0.39, 0.29) is 5.91 Å². The number of nitrogens with zero attached hydrogens (tertiary/aromatic N) is 2. The van der Waals surface area contributed by atoms with Crippen LogP contribution in [0.1, 0.15) is 5.56 Å². The van der Waals surface area contributed by atoms with Gasteiger partial charge in [0.25, 0.3) is 0 Å². The third-order valence-corrected chi connectivity index (χ3v) is 3.21. The number of rotatable bonds is 3. The Morgan fingerprint density at radius 1 is 1.20 bits per heavy atom. The van der Waals surface area contributed by atoms with Crippen molar-refractivity contribution in [3.8, 4) is 0 Å². The summed E-state index contributed by atoms with van der Waals surface area (Å²) in [6.07, 6.45) is 2.12. The number of hydrogen-bond acceptors (Lipinski definition) is 2. The molecule has 0 fully saturated rings. The molecule has 3 rings (SSSR count). The van der Waals surface area contributed by atoms with Gasteiger partial charge in [-0.05, 0) is 29.8 Å². The van der Waals surface area contributed by atoms with E-state index in [2.05, 4.69) is 10.3 Å². The summed E-state index contributed by atoms with van der Waals surface area (Å²) in [5.41, 5.74) is 3.76. The number of fused-ring (bicyclic) bond motifs is 1. The van der Waals surface area contributed by atoms with E-state index in [4.69, 9.17) is 0 Å². The first-order valence-electron chi connectivity index (χ1n) is 6.47. The van der Waals surface area contributed by atoms with Crippen LogP contribution in [-0.2, 0) is 18.3 Å². The summed E-state index contributed by atoms with van der Waals surface area (Å²) in [6, 6.07) is 15.4. The van der Waals surface area contributed by atoms with Crippen molar-refractivity contribution < 1.29 is 4.79 Å². The molecule has 20 heavy (non-hydrogen) atoms. The van der Waals surface area contributed by atoms with Crippen molar-refractivity contribution >= 4 is 22.6 Å². The molecule has 0 spiro atoms. The van der Waals surface area contributed by atoms with E-state index >= 15 is 0 Å². The Morgan fingerprint density at radius 3 is 2.80 bits per heavy atom. The number of amides is 1. The van der Waals surface area contributed by atoms with Gasteiger partial charge in [0, 0.05) is 12.7 Å². The molecule has 0 saturated heterocycles. The molecule has 1 aromatic heterocycles. The molecule has 4 nitrogen and oxygen atoms in total. The molecule has 0 atom stereocenters. The normalized spacial score (nSPS) is 10.7. The Hall–Kier alpha value is -2.62. The van der Waals surface area contributed by atoms with Crippen molar-refractivity contribution in [3.63, 3.8) is 0 Å². The van der Waals surface area contributed by atoms with E-state index in [9.17, 15) is 4.79 Å². The van der Waals surface area contributed by atoms with Gasteiger partial charge in [0.1, 0.15) is 0 Å². The molecule has 100 valence electrons. The zero-order valence-electron chi connectivity index (χ0n) is 11.2. The van der Waals surface area contributed by atoms with Crippen LogP contribution in [0.5, 0.6) is 0 Å². The van der Waals surface area contributed by atoms with Crippen molar-refractivity contribution in [3.05, 3.63) is 60.4 Å². The van der Waals surface area contributed by atoms with Gasteiger partial charge in [-0.25, -0.2) is 4.98 Å². The van der Waals surface area contributed by atoms with Crippen LogP contribution >= 0.6 is 0 Å². The fourth-order valence-corrected chi connectivity index (χ4v) is 2.20.